The zero-order valence-corrected chi connectivity index (χ0v) is 15.1. The number of piperidine rings is 1. The molecule has 7 heteroatoms. The molecule has 2 N–H and O–H groups in total. The maximum Gasteiger partial charge on any atom is 0.232 e. The summed E-state index contributed by atoms with van der Waals surface area (Å²) in [5, 5.41) is 7.04. The summed E-state index contributed by atoms with van der Waals surface area (Å²) in [4.78, 5) is 11.0. The molecule has 0 saturated carbocycles. The molecule has 0 spiro atoms. The highest BCUT2D eigenvalue weighted by Crippen LogP contribution is 2.26. The van der Waals surface area contributed by atoms with Crippen molar-refractivity contribution in [3.05, 3.63) is 11.2 Å². The summed E-state index contributed by atoms with van der Waals surface area (Å²) >= 11 is 11.4. The van der Waals surface area contributed by atoms with Crippen LogP contribution in [0.15, 0.2) is 6.07 Å². The van der Waals surface area contributed by atoms with Crippen LogP contribution in [0.1, 0.15) is 34.1 Å². The molecule has 1 aliphatic heterocycles. The molecule has 2 rings (SSSR count). The van der Waals surface area contributed by atoms with Crippen molar-refractivity contribution in [2.75, 3.05) is 23.3 Å². The third kappa shape index (κ3) is 4.95. The lowest BCUT2D eigenvalue weighted by Gasteiger charge is -2.35. The Kier molecular flexibility index (Phi) is 5.81. The van der Waals surface area contributed by atoms with Gasteiger partial charge < -0.3 is 15.5 Å². The molecule has 1 aromatic rings. The predicted molar refractivity (Wildman–Crippen MR) is 96.7 cm³/mol. The van der Waals surface area contributed by atoms with Crippen molar-refractivity contribution < 1.29 is 0 Å². The first kappa shape index (κ1) is 17.2. The van der Waals surface area contributed by atoms with E-state index in [4.69, 9.17) is 23.8 Å². The third-order valence-corrected chi connectivity index (χ3v) is 3.93. The second kappa shape index (κ2) is 7.42. The third-order valence-electron chi connectivity index (χ3n) is 3.52. The molecule has 1 saturated heterocycles. The number of nitrogens with one attached hydrogen (secondary N) is 2. The number of anilines is 2. The Labute approximate surface area is 142 Å². The van der Waals surface area contributed by atoms with Gasteiger partial charge in [0.05, 0.1) is 0 Å². The molecule has 1 aromatic heterocycles. The van der Waals surface area contributed by atoms with Crippen LogP contribution in [0.4, 0.5) is 11.8 Å². The van der Waals surface area contributed by atoms with Crippen molar-refractivity contribution in [3.63, 3.8) is 0 Å². The van der Waals surface area contributed by atoms with Crippen molar-refractivity contribution in [2.45, 2.75) is 40.2 Å². The molecule has 1 aliphatic rings. The van der Waals surface area contributed by atoms with Gasteiger partial charge in [0, 0.05) is 25.2 Å². The molecular formula is C15H24ClN5S. The van der Waals surface area contributed by atoms with E-state index >= 15 is 0 Å². The highest BCUT2D eigenvalue weighted by atomic mass is 35.5. The second-order valence-corrected chi connectivity index (χ2v) is 7.27. The Morgan fingerprint density at radius 1 is 1.32 bits per heavy atom. The highest BCUT2D eigenvalue weighted by molar-refractivity contribution is 7.80. The summed E-state index contributed by atoms with van der Waals surface area (Å²) in [5.41, 5.74) is 0. The molecule has 1 fully saturated rings. The van der Waals surface area contributed by atoms with E-state index in [1.54, 1.807) is 0 Å². The van der Waals surface area contributed by atoms with E-state index in [0.717, 1.165) is 18.9 Å². The summed E-state index contributed by atoms with van der Waals surface area (Å²) in [6, 6.07) is 2.07. The largest absolute Gasteiger partial charge is 0.360 e. The van der Waals surface area contributed by atoms with E-state index in [-0.39, 0.29) is 6.04 Å². The van der Waals surface area contributed by atoms with Gasteiger partial charge in [0.2, 0.25) is 5.95 Å². The van der Waals surface area contributed by atoms with Crippen LogP contribution in [0, 0.1) is 11.8 Å². The van der Waals surface area contributed by atoms with Gasteiger partial charge >= 0.3 is 0 Å². The summed E-state index contributed by atoms with van der Waals surface area (Å²) in [7, 11) is 0. The van der Waals surface area contributed by atoms with Crippen LogP contribution >= 0.6 is 23.8 Å². The van der Waals surface area contributed by atoms with E-state index in [9.17, 15) is 0 Å². The molecule has 0 unspecified atom stereocenters. The second-order valence-electron chi connectivity index (χ2n) is 6.48. The van der Waals surface area contributed by atoms with Gasteiger partial charge in [-0.25, -0.2) is 4.98 Å². The van der Waals surface area contributed by atoms with Crippen LogP contribution in [0.5, 0.6) is 0 Å². The summed E-state index contributed by atoms with van der Waals surface area (Å²) in [6.45, 7) is 10.6. The fraction of sp³-hybridized carbons (Fsp3) is 0.667. The Morgan fingerprint density at radius 2 is 1.95 bits per heavy atom. The summed E-state index contributed by atoms with van der Waals surface area (Å²) < 4.78 is 0. The number of rotatable bonds is 3. The highest BCUT2D eigenvalue weighted by Gasteiger charge is 2.23. The van der Waals surface area contributed by atoms with Gasteiger partial charge in [0.1, 0.15) is 11.0 Å². The number of hydrogen-bond acceptors (Lipinski definition) is 4. The number of aromatic nitrogens is 2. The summed E-state index contributed by atoms with van der Waals surface area (Å²) in [5.74, 6) is 2.59. The minimum absolute atomic E-state index is 0.252. The molecule has 0 radical (unpaired) electrons. The molecule has 122 valence electrons. The maximum atomic E-state index is 6.15. The van der Waals surface area contributed by atoms with Crippen LogP contribution in [-0.2, 0) is 0 Å². The van der Waals surface area contributed by atoms with E-state index < -0.39 is 0 Å². The van der Waals surface area contributed by atoms with Gasteiger partial charge in [0.25, 0.3) is 0 Å². The van der Waals surface area contributed by atoms with E-state index in [2.05, 4.69) is 39.3 Å². The van der Waals surface area contributed by atoms with Gasteiger partial charge in [-0.05, 0) is 44.3 Å². The van der Waals surface area contributed by atoms with E-state index in [1.807, 2.05) is 19.9 Å². The quantitative estimate of drug-likeness (QED) is 0.650. The molecular weight excluding hydrogens is 318 g/mol. The zero-order chi connectivity index (χ0) is 16.3. The molecule has 0 aromatic carbocycles. The van der Waals surface area contributed by atoms with Crippen LogP contribution < -0.4 is 15.5 Å². The molecule has 0 bridgehead atoms. The number of thiocarbonyl (C=S) groups is 1. The van der Waals surface area contributed by atoms with Crippen molar-refractivity contribution >= 4 is 40.7 Å². The van der Waals surface area contributed by atoms with Gasteiger partial charge in [-0.15, -0.1) is 0 Å². The molecule has 5 nitrogen and oxygen atoms in total. The fourth-order valence-electron chi connectivity index (χ4n) is 2.87. The van der Waals surface area contributed by atoms with Crippen LogP contribution in [0.3, 0.4) is 0 Å². The standard InChI is InChI=1S/C15H24ClN5S/c1-9(2)17-15(22)20-14-18-12(16)6-13(19-14)21-7-10(3)5-11(4)8-21/h6,9-11H,5,7-8H2,1-4H3,(H2,17,18,19,20,22)/t10-,11-/m0/s1. The Balaban J connectivity index is 2.14. The van der Waals surface area contributed by atoms with E-state index in [0.29, 0.717) is 28.0 Å². The Bertz CT molecular complexity index is 527. The van der Waals surface area contributed by atoms with Crippen molar-refractivity contribution in [3.8, 4) is 0 Å². The first-order valence-electron chi connectivity index (χ1n) is 7.70. The van der Waals surface area contributed by atoms with Gasteiger partial charge in [-0.1, -0.05) is 25.4 Å². The molecule has 22 heavy (non-hydrogen) atoms. The smallest absolute Gasteiger partial charge is 0.232 e. The maximum absolute atomic E-state index is 6.15. The van der Waals surface area contributed by atoms with Crippen LogP contribution in [0.2, 0.25) is 5.15 Å². The monoisotopic (exact) mass is 341 g/mol. The molecule has 0 amide bonds. The minimum atomic E-state index is 0.252. The number of hydrogen-bond donors (Lipinski definition) is 2. The topological polar surface area (TPSA) is 53.1 Å². The lowest BCUT2D eigenvalue weighted by molar-refractivity contribution is 0.355. The number of nitrogens with zero attached hydrogens (tertiary/aromatic N) is 3. The first-order chi connectivity index (χ1) is 10.3. The normalized spacial score (nSPS) is 21.8. The number of halogens is 1. The average molecular weight is 342 g/mol. The van der Waals surface area contributed by atoms with Crippen LogP contribution in [0.25, 0.3) is 0 Å². The minimum Gasteiger partial charge on any atom is -0.360 e. The SMILES string of the molecule is CC(C)NC(=S)Nc1nc(Cl)cc(N2C[C@@H](C)C[C@H](C)C2)n1. The Morgan fingerprint density at radius 3 is 2.55 bits per heavy atom. The molecule has 2 atom stereocenters. The van der Waals surface area contributed by atoms with Gasteiger partial charge in [0.15, 0.2) is 5.11 Å². The lowest BCUT2D eigenvalue weighted by Crippen LogP contribution is -2.39. The average Bonchev–Trinajstić information content (AvgIpc) is 2.35. The van der Waals surface area contributed by atoms with Crippen LogP contribution in [-0.4, -0.2) is 34.2 Å². The Hall–Kier alpha value is -1.14. The summed E-state index contributed by atoms with van der Waals surface area (Å²) in [6.07, 6.45) is 1.25. The van der Waals surface area contributed by atoms with Gasteiger partial charge in [-0.3, -0.25) is 0 Å². The lowest BCUT2D eigenvalue weighted by atomic mass is 9.92. The van der Waals surface area contributed by atoms with Crippen molar-refractivity contribution in [1.29, 1.82) is 0 Å². The zero-order valence-electron chi connectivity index (χ0n) is 13.6. The molecule has 0 aliphatic carbocycles. The molecule has 2 heterocycles. The fourth-order valence-corrected chi connectivity index (χ4v) is 3.38. The first-order valence-corrected chi connectivity index (χ1v) is 8.49. The predicted octanol–water partition coefficient (Wildman–Crippen LogP) is 3.31. The van der Waals surface area contributed by atoms with E-state index in [1.165, 1.54) is 6.42 Å². The van der Waals surface area contributed by atoms with Crippen molar-refractivity contribution in [2.24, 2.45) is 11.8 Å². The van der Waals surface area contributed by atoms with Crippen molar-refractivity contribution in [1.82, 2.24) is 15.3 Å². The van der Waals surface area contributed by atoms with Gasteiger partial charge in [-0.2, -0.15) is 4.98 Å².